The number of rotatable bonds is 6. The van der Waals surface area contributed by atoms with Crippen molar-refractivity contribution < 1.29 is 4.39 Å². The fourth-order valence-electron chi connectivity index (χ4n) is 2.19. The van der Waals surface area contributed by atoms with Gasteiger partial charge in [-0.1, -0.05) is 19.1 Å². The normalized spacial score (nSPS) is 12.6. The maximum absolute atomic E-state index is 13.6. The van der Waals surface area contributed by atoms with Gasteiger partial charge in [0.05, 0.1) is 12.0 Å². The molecule has 2 aromatic rings. The van der Waals surface area contributed by atoms with Crippen molar-refractivity contribution in [1.29, 1.82) is 0 Å². The Kier molecular flexibility index (Phi) is 4.90. The van der Waals surface area contributed by atoms with E-state index in [-0.39, 0.29) is 11.9 Å². The Bertz CT molecular complexity index is 563. The molecule has 0 saturated heterocycles. The zero-order valence-corrected chi connectivity index (χ0v) is 12.4. The van der Waals surface area contributed by atoms with Crippen molar-refractivity contribution in [2.45, 2.75) is 46.3 Å². The van der Waals surface area contributed by atoms with Crippen molar-refractivity contribution in [3.8, 4) is 0 Å². The molecule has 1 aromatic carbocycles. The van der Waals surface area contributed by atoms with Gasteiger partial charge in [-0.25, -0.2) is 9.37 Å². The summed E-state index contributed by atoms with van der Waals surface area (Å²) in [6.45, 7) is 7.68. The molecular weight excluding hydrogens is 253 g/mol. The first-order valence-electron chi connectivity index (χ1n) is 7.10. The minimum atomic E-state index is -0.146. The third-order valence-corrected chi connectivity index (χ3v) is 3.55. The molecule has 0 aliphatic carbocycles. The van der Waals surface area contributed by atoms with Gasteiger partial charge < -0.3 is 9.88 Å². The van der Waals surface area contributed by atoms with Crippen LogP contribution < -0.4 is 5.32 Å². The van der Waals surface area contributed by atoms with E-state index >= 15 is 0 Å². The predicted octanol–water partition coefficient (Wildman–Crippen LogP) is 3.59. The van der Waals surface area contributed by atoms with Crippen LogP contribution in [-0.2, 0) is 13.1 Å². The fourth-order valence-corrected chi connectivity index (χ4v) is 2.19. The lowest BCUT2D eigenvalue weighted by atomic mass is 10.1. The number of hydrogen-bond donors (Lipinski definition) is 1. The summed E-state index contributed by atoms with van der Waals surface area (Å²) < 4.78 is 15.7. The summed E-state index contributed by atoms with van der Waals surface area (Å²) in [4.78, 5) is 4.18. The lowest BCUT2D eigenvalue weighted by Gasteiger charge is -2.15. The Morgan fingerprint density at radius 1 is 1.40 bits per heavy atom. The minimum absolute atomic E-state index is 0.107. The number of nitrogens with one attached hydrogen (secondary N) is 1. The van der Waals surface area contributed by atoms with E-state index in [0.29, 0.717) is 5.56 Å². The molecule has 0 bridgehead atoms. The van der Waals surface area contributed by atoms with Gasteiger partial charge in [-0.2, -0.15) is 0 Å². The molecule has 0 radical (unpaired) electrons. The average molecular weight is 275 g/mol. The number of aryl methyl sites for hydroxylation is 2. The highest BCUT2D eigenvalue weighted by molar-refractivity contribution is 5.25. The van der Waals surface area contributed by atoms with Crippen LogP contribution in [0, 0.1) is 12.7 Å². The second-order valence-corrected chi connectivity index (χ2v) is 5.19. The van der Waals surface area contributed by atoms with Crippen LogP contribution in [-0.4, -0.2) is 9.55 Å². The van der Waals surface area contributed by atoms with Gasteiger partial charge in [-0.15, -0.1) is 0 Å². The Balaban J connectivity index is 1.99. The molecule has 0 aliphatic rings. The van der Waals surface area contributed by atoms with Crippen molar-refractivity contribution in [2.24, 2.45) is 0 Å². The highest BCUT2D eigenvalue weighted by Crippen LogP contribution is 2.16. The Morgan fingerprint density at radius 2 is 2.20 bits per heavy atom. The first kappa shape index (κ1) is 14.7. The van der Waals surface area contributed by atoms with Gasteiger partial charge in [0, 0.05) is 25.3 Å². The van der Waals surface area contributed by atoms with Crippen molar-refractivity contribution in [2.75, 3.05) is 0 Å². The van der Waals surface area contributed by atoms with E-state index in [2.05, 4.69) is 21.8 Å². The van der Waals surface area contributed by atoms with Crippen molar-refractivity contribution in [3.63, 3.8) is 0 Å². The van der Waals surface area contributed by atoms with E-state index in [9.17, 15) is 4.39 Å². The molecule has 0 amide bonds. The van der Waals surface area contributed by atoms with Gasteiger partial charge in [0.25, 0.3) is 0 Å². The predicted molar refractivity (Wildman–Crippen MR) is 78.9 cm³/mol. The molecule has 4 heteroatoms. The maximum atomic E-state index is 13.6. The van der Waals surface area contributed by atoms with Crippen LogP contribution in [0.3, 0.4) is 0 Å². The zero-order chi connectivity index (χ0) is 14.5. The second-order valence-electron chi connectivity index (χ2n) is 5.19. The van der Waals surface area contributed by atoms with Crippen LogP contribution >= 0.6 is 0 Å². The summed E-state index contributed by atoms with van der Waals surface area (Å²) >= 11 is 0. The number of nitrogens with zero attached hydrogens (tertiary/aromatic N) is 2. The largest absolute Gasteiger partial charge is 0.333 e. The van der Waals surface area contributed by atoms with E-state index in [1.165, 1.54) is 0 Å². The van der Waals surface area contributed by atoms with Gasteiger partial charge in [-0.05, 0) is 37.5 Å². The number of aromatic nitrogens is 2. The quantitative estimate of drug-likeness (QED) is 0.873. The second kappa shape index (κ2) is 6.66. The van der Waals surface area contributed by atoms with Crippen LogP contribution in [0.15, 0.2) is 30.7 Å². The molecule has 3 nitrogen and oxygen atoms in total. The van der Waals surface area contributed by atoms with E-state index in [4.69, 9.17) is 0 Å². The molecule has 2 rings (SSSR count). The molecule has 1 aromatic heterocycles. The smallest absolute Gasteiger partial charge is 0.126 e. The third kappa shape index (κ3) is 3.45. The fraction of sp³-hybridized carbons (Fsp3) is 0.438. The van der Waals surface area contributed by atoms with E-state index < -0.39 is 0 Å². The molecule has 0 spiro atoms. The molecule has 1 N–H and O–H groups in total. The monoisotopic (exact) mass is 275 g/mol. The molecule has 1 unspecified atom stereocenters. The molecule has 108 valence electrons. The van der Waals surface area contributed by atoms with Gasteiger partial charge in [-0.3, -0.25) is 0 Å². The molecule has 0 saturated carbocycles. The SMILES string of the molecule is CCCn1cncc1CNC(C)c1ccc(C)c(F)c1. The minimum Gasteiger partial charge on any atom is -0.333 e. The Hall–Kier alpha value is -1.68. The van der Waals surface area contributed by atoms with Gasteiger partial charge in [0.15, 0.2) is 0 Å². The van der Waals surface area contributed by atoms with E-state index in [0.717, 1.165) is 30.8 Å². The van der Waals surface area contributed by atoms with Crippen LogP contribution in [0.1, 0.15) is 43.1 Å². The van der Waals surface area contributed by atoms with Crippen molar-refractivity contribution >= 4 is 0 Å². The number of hydrogen-bond acceptors (Lipinski definition) is 2. The number of imidazole rings is 1. The topological polar surface area (TPSA) is 29.9 Å². The standard InChI is InChI=1S/C16H22FN3/c1-4-7-20-11-18-9-15(20)10-19-13(3)14-6-5-12(2)16(17)8-14/h5-6,8-9,11,13,19H,4,7,10H2,1-3H3. The summed E-state index contributed by atoms with van der Waals surface area (Å²) in [6.07, 6.45) is 4.82. The number of halogens is 1. The summed E-state index contributed by atoms with van der Waals surface area (Å²) in [7, 11) is 0. The van der Waals surface area contributed by atoms with Crippen molar-refractivity contribution in [1.82, 2.24) is 14.9 Å². The molecule has 0 aliphatic heterocycles. The first-order chi connectivity index (χ1) is 9.61. The molecule has 1 atom stereocenters. The van der Waals surface area contributed by atoms with Crippen LogP contribution in [0.5, 0.6) is 0 Å². The van der Waals surface area contributed by atoms with Crippen LogP contribution in [0.4, 0.5) is 4.39 Å². The number of benzene rings is 1. The van der Waals surface area contributed by atoms with Crippen LogP contribution in [0.2, 0.25) is 0 Å². The molecule has 0 fully saturated rings. The zero-order valence-electron chi connectivity index (χ0n) is 12.4. The Morgan fingerprint density at radius 3 is 2.90 bits per heavy atom. The summed E-state index contributed by atoms with van der Waals surface area (Å²) in [5.41, 5.74) is 2.81. The molecular formula is C16H22FN3. The maximum Gasteiger partial charge on any atom is 0.126 e. The van der Waals surface area contributed by atoms with Crippen LogP contribution in [0.25, 0.3) is 0 Å². The summed E-state index contributed by atoms with van der Waals surface area (Å²) in [5.74, 6) is -0.146. The summed E-state index contributed by atoms with van der Waals surface area (Å²) in [6, 6.07) is 5.51. The van der Waals surface area contributed by atoms with Gasteiger partial charge in [0.1, 0.15) is 5.82 Å². The highest BCUT2D eigenvalue weighted by Gasteiger charge is 2.09. The van der Waals surface area contributed by atoms with E-state index in [1.54, 1.807) is 13.0 Å². The van der Waals surface area contributed by atoms with Gasteiger partial charge >= 0.3 is 0 Å². The molecule has 20 heavy (non-hydrogen) atoms. The first-order valence-corrected chi connectivity index (χ1v) is 7.10. The third-order valence-electron chi connectivity index (χ3n) is 3.55. The Labute approximate surface area is 119 Å². The summed E-state index contributed by atoms with van der Waals surface area (Å²) in [5, 5.41) is 3.42. The van der Waals surface area contributed by atoms with E-state index in [1.807, 2.05) is 31.6 Å². The average Bonchev–Trinajstić information content (AvgIpc) is 2.87. The molecule has 1 heterocycles. The van der Waals surface area contributed by atoms with Gasteiger partial charge in [0.2, 0.25) is 0 Å². The lowest BCUT2D eigenvalue weighted by Crippen LogP contribution is -2.20. The highest BCUT2D eigenvalue weighted by atomic mass is 19.1. The lowest BCUT2D eigenvalue weighted by molar-refractivity contribution is 0.536. The van der Waals surface area contributed by atoms with Crippen molar-refractivity contribution in [3.05, 3.63) is 53.4 Å².